The predicted octanol–water partition coefficient (Wildman–Crippen LogP) is 5.25. The van der Waals surface area contributed by atoms with E-state index in [1.165, 1.54) is 48.8 Å². The highest BCUT2D eigenvalue weighted by molar-refractivity contribution is 5.78. The van der Waals surface area contributed by atoms with Crippen LogP contribution < -0.4 is 10.5 Å². The van der Waals surface area contributed by atoms with Crippen LogP contribution in [0.4, 0.5) is 0 Å². The first kappa shape index (κ1) is 22.6. The number of rotatable bonds is 4. The van der Waals surface area contributed by atoms with Crippen LogP contribution in [-0.2, 0) is 23.1 Å². The molecule has 178 valence electrons. The molecule has 5 atom stereocenters. The average molecular weight is 450 g/mol. The molecule has 3 aliphatic carbocycles. The van der Waals surface area contributed by atoms with Crippen molar-refractivity contribution >= 4 is 5.97 Å². The van der Waals surface area contributed by atoms with Gasteiger partial charge in [0.1, 0.15) is 11.8 Å². The van der Waals surface area contributed by atoms with E-state index in [-0.39, 0.29) is 5.41 Å². The largest absolute Gasteiger partial charge is 0.425 e. The number of ether oxygens (including phenoxy) is 1. The van der Waals surface area contributed by atoms with Gasteiger partial charge in [0.2, 0.25) is 0 Å². The van der Waals surface area contributed by atoms with Gasteiger partial charge < -0.3 is 15.5 Å². The molecular formula is C28H39N3O2. The molecule has 33 heavy (non-hydrogen) atoms. The number of nitrogens with zero attached hydrogens (tertiary/aromatic N) is 1. The molecule has 2 aromatic rings. The van der Waals surface area contributed by atoms with Gasteiger partial charge in [0.15, 0.2) is 0 Å². The van der Waals surface area contributed by atoms with E-state index >= 15 is 0 Å². The van der Waals surface area contributed by atoms with Gasteiger partial charge in [-0.1, -0.05) is 34.1 Å². The lowest BCUT2D eigenvalue weighted by Gasteiger charge is -2.61. The Labute approximate surface area is 197 Å². The lowest BCUT2D eigenvalue weighted by atomic mass is 9.43. The minimum Gasteiger partial charge on any atom is -0.425 e. The van der Waals surface area contributed by atoms with E-state index < -0.39 is 12.0 Å². The number of carbonyl (C=O) groups excluding carboxylic acids is 1. The maximum Gasteiger partial charge on any atom is 0.328 e. The van der Waals surface area contributed by atoms with Gasteiger partial charge in [-0.3, -0.25) is 0 Å². The van der Waals surface area contributed by atoms with Crippen LogP contribution >= 0.6 is 0 Å². The van der Waals surface area contributed by atoms with Crippen molar-refractivity contribution in [1.82, 2.24) is 9.97 Å². The van der Waals surface area contributed by atoms with Crippen LogP contribution in [0.15, 0.2) is 24.7 Å². The zero-order chi connectivity index (χ0) is 23.6. The molecule has 1 heterocycles. The van der Waals surface area contributed by atoms with Gasteiger partial charge in [0, 0.05) is 18.3 Å². The SMILES string of the molecule is Cc1cc(OC(=O)C(N)Cc2cnc[nH]2)cc2c1[C@]1(C)CC[C@H]3C(C)(C)CCC[C@]3(C)[C@H]1C2. The lowest BCUT2D eigenvalue weighted by molar-refractivity contribution is -0.135. The summed E-state index contributed by atoms with van der Waals surface area (Å²) in [6.45, 7) is 12.3. The predicted molar refractivity (Wildman–Crippen MR) is 130 cm³/mol. The molecule has 0 spiro atoms. The third-order valence-electron chi connectivity index (χ3n) is 9.70. The van der Waals surface area contributed by atoms with Crippen molar-refractivity contribution in [1.29, 1.82) is 0 Å². The number of aromatic nitrogens is 2. The molecule has 3 N–H and O–H groups in total. The van der Waals surface area contributed by atoms with Crippen LogP contribution in [0.3, 0.4) is 0 Å². The third kappa shape index (κ3) is 3.54. The summed E-state index contributed by atoms with van der Waals surface area (Å²) in [6, 6.07) is 3.45. The van der Waals surface area contributed by atoms with Gasteiger partial charge in [0.05, 0.1) is 6.33 Å². The van der Waals surface area contributed by atoms with E-state index in [1.807, 2.05) is 6.07 Å². The maximum atomic E-state index is 12.7. The summed E-state index contributed by atoms with van der Waals surface area (Å²) < 4.78 is 5.78. The Balaban J connectivity index is 1.41. The fourth-order valence-corrected chi connectivity index (χ4v) is 8.40. The first-order valence-corrected chi connectivity index (χ1v) is 12.6. The number of nitrogens with two attached hydrogens (primary N) is 1. The molecule has 0 amide bonds. The van der Waals surface area contributed by atoms with Gasteiger partial charge in [-0.15, -0.1) is 0 Å². The van der Waals surface area contributed by atoms with Crippen LogP contribution in [0.2, 0.25) is 0 Å². The number of fused-ring (bicyclic) bond motifs is 5. The number of hydrogen-bond donors (Lipinski definition) is 2. The molecule has 3 aliphatic rings. The van der Waals surface area contributed by atoms with Crippen molar-refractivity contribution < 1.29 is 9.53 Å². The molecule has 5 nitrogen and oxygen atoms in total. The number of carbonyl (C=O) groups is 1. The highest BCUT2D eigenvalue weighted by atomic mass is 16.5. The Kier molecular flexibility index (Phi) is 5.28. The fourth-order valence-electron chi connectivity index (χ4n) is 8.40. The Morgan fingerprint density at radius 3 is 2.73 bits per heavy atom. The summed E-state index contributed by atoms with van der Waals surface area (Å²) in [6.07, 6.45) is 11.3. The summed E-state index contributed by atoms with van der Waals surface area (Å²) in [5, 5.41) is 0. The van der Waals surface area contributed by atoms with Crippen molar-refractivity contribution in [3.63, 3.8) is 0 Å². The summed E-state index contributed by atoms with van der Waals surface area (Å²) in [7, 11) is 0. The Hall–Kier alpha value is -2.14. The van der Waals surface area contributed by atoms with E-state index in [0.717, 1.165) is 18.0 Å². The highest BCUT2D eigenvalue weighted by Crippen LogP contribution is 2.67. The minimum atomic E-state index is -0.719. The van der Waals surface area contributed by atoms with Crippen LogP contribution in [-0.4, -0.2) is 22.0 Å². The smallest absolute Gasteiger partial charge is 0.328 e. The van der Waals surface area contributed by atoms with E-state index in [0.29, 0.717) is 28.9 Å². The normalized spacial score (nSPS) is 33.0. The number of hydrogen-bond acceptors (Lipinski definition) is 4. The first-order chi connectivity index (χ1) is 15.5. The first-order valence-electron chi connectivity index (χ1n) is 12.6. The molecule has 5 rings (SSSR count). The van der Waals surface area contributed by atoms with Crippen molar-refractivity contribution in [2.75, 3.05) is 0 Å². The molecule has 0 aliphatic heterocycles. The van der Waals surface area contributed by atoms with Crippen molar-refractivity contribution in [2.45, 2.75) is 91.0 Å². The third-order valence-corrected chi connectivity index (χ3v) is 9.70. The van der Waals surface area contributed by atoms with E-state index in [4.69, 9.17) is 10.5 Å². The molecule has 0 bridgehead atoms. The van der Waals surface area contributed by atoms with E-state index in [1.54, 1.807) is 12.5 Å². The van der Waals surface area contributed by atoms with Crippen molar-refractivity contribution in [3.8, 4) is 5.75 Å². The second-order valence-corrected chi connectivity index (χ2v) is 12.2. The zero-order valence-corrected chi connectivity index (χ0v) is 20.8. The highest BCUT2D eigenvalue weighted by Gasteiger charge is 2.61. The Morgan fingerprint density at radius 1 is 1.21 bits per heavy atom. The zero-order valence-electron chi connectivity index (χ0n) is 20.8. The molecule has 1 unspecified atom stereocenters. The maximum absolute atomic E-state index is 12.7. The van der Waals surface area contributed by atoms with E-state index in [9.17, 15) is 4.79 Å². The second kappa shape index (κ2) is 7.69. The number of imidazole rings is 1. The molecule has 2 saturated carbocycles. The topological polar surface area (TPSA) is 81.0 Å². The molecule has 2 fully saturated rings. The number of aromatic amines is 1. The number of nitrogens with one attached hydrogen (secondary N) is 1. The van der Waals surface area contributed by atoms with Crippen LogP contribution in [0.5, 0.6) is 5.75 Å². The van der Waals surface area contributed by atoms with Crippen LogP contribution in [0, 0.1) is 29.6 Å². The fraction of sp³-hybridized carbons (Fsp3) is 0.643. The Bertz CT molecular complexity index is 1060. The van der Waals surface area contributed by atoms with Crippen LogP contribution in [0.1, 0.15) is 82.2 Å². The summed E-state index contributed by atoms with van der Waals surface area (Å²) in [5.41, 5.74) is 12.1. The molecule has 0 radical (unpaired) electrons. The average Bonchev–Trinajstić information content (AvgIpc) is 3.33. The quantitative estimate of drug-likeness (QED) is 0.493. The molecular weight excluding hydrogens is 410 g/mol. The monoisotopic (exact) mass is 449 g/mol. The van der Waals surface area contributed by atoms with Crippen molar-refractivity contribution in [2.24, 2.45) is 28.4 Å². The second-order valence-electron chi connectivity index (χ2n) is 12.2. The number of H-pyrrole nitrogens is 1. The standard InChI is InChI=1S/C28H39N3O2/c1-17-11-20(33-25(32)21(29)14-19-15-30-16-31-19)12-18-13-23-27(4)9-6-8-26(2,3)22(27)7-10-28(23,5)24(17)18/h11-12,15-16,21-23H,6-10,13-14,29H2,1-5H3,(H,30,31)/t21?,22-,23+,27-,28+/m0/s1. The van der Waals surface area contributed by atoms with Gasteiger partial charge in [-0.05, 0) is 95.9 Å². The van der Waals surface area contributed by atoms with Crippen LogP contribution in [0.25, 0.3) is 0 Å². The van der Waals surface area contributed by atoms with Gasteiger partial charge in [-0.25, -0.2) is 9.78 Å². The molecule has 0 saturated heterocycles. The number of benzene rings is 1. The molecule has 1 aromatic heterocycles. The molecule has 1 aromatic carbocycles. The van der Waals surface area contributed by atoms with E-state index in [2.05, 4.69) is 50.7 Å². The lowest BCUT2D eigenvalue weighted by Crippen LogP contribution is -2.55. The number of aryl methyl sites for hydroxylation is 1. The van der Waals surface area contributed by atoms with Crippen molar-refractivity contribution in [3.05, 3.63) is 47.0 Å². The summed E-state index contributed by atoms with van der Waals surface area (Å²) >= 11 is 0. The number of esters is 1. The Morgan fingerprint density at radius 2 is 2.00 bits per heavy atom. The van der Waals surface area contributed by atoms with Gasteiger partial charge >= 0.3 is 5.97 Å². The van der Waals surface area contributed by atoms with Gasteiger partial charge in [-0.2, -0.15) is 0 Å². The molecule has 5 heteroatoms. The van der Waals surface area contributed by atoms with Gasteiger partial charge in [0.25, 0.3) is 0 Å². The summed E-state index contributed by atoms with van der Waals surface area (Å²) in [4.78, 5) is 19.7. The minimum absolute atomic E-state index is 0.206. The summed E-state index contributed by atoms with van der Waals surface area (Å²) in [5.74, 6) is 1.66.